The summed E-state index contributed by atoms with van der Waals surface area (Å²) >= 11 is 0. The van der Waals surface area contributed by atoms with Crippen LogP contribution in [0.5, 0.6) is 11.5 Å². The summed E-state index contributed by atoms with van der Waals surface area (Å²) < 4.78 is 11.1. The van der Waals surface area contributed by atoms with Crippen LogP contribution in [0.4, 0.5) is 11.4 Å². The zero-order chi connectivity index (χ0) is 18.1. The van der Waals surface area contributed by atoms with E-state index < -0.39 is 0 Å². The zero-order valence-corrected chi connectivity index (χ0v) is 14.6. The highest BCUT2D eigenvalue weighted by atomic mass is 16.5. The lowest BCUT2D eigenvalue weighted by atomic mass is 10.3. The molecule has 2 rings (SSSR count). The maximum Gasteiger partial charge on any atom is 0.243 e. The third kappa shape index (κ3) is 6.22. The summed E-state index contributed by atoms with van der Waals surface area (Å²) in [4.78, 5) is 12.1. The monoisotopic (exact) mass is 340 g/mol. The number of hydrogen-bond donors (Lipinski definition) is 2. The van der Waals surface area contributed by atoms with Gasteiger partial charge >= 0.3 is 0 Å². The van der Waals surface area contributed by atoms with Gasteiger partial charge in [-0.15, -0.1) is 0 Å². The summed E-state index contributed by atoms with van der Waals surface area (Å²) in [5.41, 5.74) is 1.49. The molecule has 5 nitrogen and oxygen atoms in total. The normalized spacial score (nSPS) is 10.2. The van der Waals surface area contributed by atoms with Gasteiger partial charge in [0, 0.05) is 5.69 Å². The largest absolute Gasteiger partial charge is 0.491 e. The van der Waals surface area contributed by atoms with Crippen LogP contribution in [0.2, 0.25) is 0 Å². The minimum atomic E-state index is -0.143. The lowest BCUT2D eigenvalue weighted by Crippen LogP contribution is -2.22. The van der Waals surface area contributed by atoms with Crippen molar-refractivity contribution in [3.05, 3.63) is 61.2 Å². The molecule has 0 aliphatic heterocycles. The fourth-order valence-electron chi connectivity index (χ4n) is 2.16. The van der Waals surface area contributed by atoms with Crippen LogP contribution in [0.25, 0.3) is 0 Å². The summed E-state index contributed by atoms with van der Waals surface area (Å²) in [5, 5.41) is 5.92. The average Bonchev–Trinajstić information content (AvgIpc) is 2.60. The zero-order valence-electron chi connectivity index (χ0n) is 14.6. The van der Waals surface area contributed by atoms with Crippen LogP contribution < -0.4 is 20.1 Å². The third-order valence-corrected chi connectivity index (χ3v) is 3.19. The first-order valence-corrected chi connectivity index (χ1v) is 8.21. The Labute approximate surface area is 148 Å². The predicted molar refractivity (Wildman–Crippen MR) is 101 cm³/mol. The standard InChI is InChI=1S/C20H24N2O3/c1-4-13-24-19-8-6-5-7-18(19)21-14-20(23)22-16-9-11-17(12-10-16)25-15(2)3/h4-12,15,21H,1,13-14H2,2-3H3,(H,22,23). The summed E-state index contributed by atoms with van der Waals surface area (Å²) in [6, 6.07) is 14.8. The second kappa shape index (κ2) is 9.37. The number of hydrogen-bond acceptors (Lipinski definition) is 4. The molecule has 132 valence electrons. The molecular weight excluding hydrogens is 316 g/mol. The van der Waals surface area contributed by atoms with Crippen LogP contribution in [-0.4, -0.2) is 25.2 Å². The first kappa shape index (κ1) is 18.4. The van der Waals surface area contributed by atoms with Crippen LogP contribution in [0, 0.1) is 0 Å². The Balaban J connectivity index is 1.87. The van der Waals surface area contributed by atoms with E-state index >= 15 is 0 Å². The summed E-state index contributed by atoms with van der Waals surface area (Å²) in [5.74, 6) is 1.32. The number of nitrogens with one attached hydrogen (secondary N) is 2. The number of para-hydroxylation sites is 2. The molecule has 0 aliphatic carbocycles. The van der Waals surface area contributed by atoms with E-state index in [1.807, 2.05) is 62.4 Å². The molecule has 0 unspecified atom stereocenters. The minimum absolute atomic E-state index is 0.119. The lowest BCUT2D eigenvalue weighted by molar-refractivity contribution is -0.114. The van der Waals surface area contributed by atoms with E-state index in [4.69, 9.17) is 9.47 Å². The van der Waals surface area contributed by atoms with Gasteiger partial charge in [-0.2, -0.15) is 0 Å². The van der Waals surface area contributed by atoms with Gasteiger partial charge in [0.1, 0.15) is 18.1 Å². The van der Waals surface area contributed by atoms with Gasteiger partial charge in [-0.25, -0.2) is 0 Å². The molecule has 0 aliphatic rings. The third-order valence-electron chi connectivity index (χ3n) is 3.19. The highest BCUT2D eigenvalue weighted by Crippen LogP contribution is 2.23. The first-order chi connectivity index (χ1) is 12.1. The Morgan fingerprint density at radius 2 is 1.88 bits per heavy atom. The van der Waals surface area contributed by atoms with Gasteiger partial charge in [0.15, 0.2) is 0 Å². The molecule has 0 spiro atoms. The molecule has 0 fully saturated rings. The van der Waals surface area contributed by atoms with Gasteiger partial charge in [0.25, 0.3) is 0 Å². The van der Waals surface area contributed by atoms with Crippen LogP contribution in [0.15, 0.2) is 61.2 Å². The molecule has 0 saturated heterocycles. The van der Waals surface area contributed by atoms with Crippen molar-refractivity contribution in [3.8, 4) is 11.5 Å². The molecular formula is C20H24N2O3. The fraction of sp³-hybridized carbons (Fsp3) is 0.250. The van der Waals surface area contributed by atoms with Crippen molar-refractivity contribution in [2.24, 2.45) is 0 Å². The molecule has 0 atom stereocenters. The number of benzene rings is 2. The summed E-state index contributed by atoms with van der Waals surface area (Å²) in [6.07, 6.45) is 1.80. The van der Waals surface area contributed by atoms with Crippen molar-refractivity contribution in [1.82, 2.24) is 0 Å². The van der Waals surface area contributed by atoms with Crippen LogP contribution in [0.1, 0.15) is 13.8 Å². The maximum atomic E-state index is 12.1. The number of anilines is 2. The Morgan fingerprint density at radius 3 is 2.56 bits per heavy atom. The van der Waals surface area contributed by atoms with Gasteiger partial charge < -0.3 is 20.1 Å². The van der Waals surface area contributed by atoms with E-state index in [-0.39, 0.29) is 18.6 Å². The number of carbonyl (C=O) groups excluding carboxylic acids is 1. The van der Waals surface area contributed by atoms with Crippen molar-refractivity contribution in [3.63, 3.8) is 0 Å². The van der Waals surface area contributed by atoms with Crippen LogP contribution in [0.3, 0.4) is 0 Å². The van der Waals surface area contributed by atoms with Gasteiger partial charge in [0.05, 0.1) is 18.3 Å². The quantitative estimate of drug-likeness (QED) is 0.675. The SMILES string of the molecule is C=CCOc1ccccc1NCC(=O)Nc1ccc(OC(C)C)cc1. The van der Waals surface area contributed by atoms with Gasteiger partial charge in [-0.3, -0.25) is 4.79 Å². The van der Waals surface area contributed by atoms with E-state index in [1.54, 1.807) is 6.08 Å². The van der Waals surface area contributed by atoms with Crippen molar-refractivity contribution < 1.29 is 14.3 Å². The number of ether oxygens (including phenoxy) is 2. The Kier molecular flexibility index (Phi) is 6.89. The summed E-state index contributed by atoms with van der Waals surface area (Å²) in [6.45, 7) is 8.12. The van der Waals surface area contributed by atoms with E-state index in [0.717, 1.165) is 17.1 Å². The van der Waals surface area contributed by atoms with Crippen LogP contribution in [-0.2, 0) is 4.79 Å². The molecule has 0 aromatic heterocycles. The van der Waals surface area contributed by atoms with Gasteiger partial charge in [-0.05, 0) is 50.2 Å². The molecule has 1 amide bonds. The molecule has 0 bridgehead atoms. The van der Waals surface area contributed by atoms with Gasteiger partial charge in [-0.1, -0.05) is 24.8 Å². The topological polar surface area (TPSA) is 59.6 Å². The second-order valence-corrected chi connectivity index (χ2v) is 5.69. The Morgan fingerprint density at radius 1 is 1.16 bits per heavy atom. The number of amides is 1. The van der Waals surface area contributed by atoms with E-state index in [9.17, 15) is 4.79 Å². The molecule has 0 heterocycles. The average molecular weight is 340 g/mol. The van der Waals surface area contributed by atoms with E-state index in [0.29, 0.717) is 12.4 Å². The smallest absolute Gasteiger partial charge is 0.243 e. The number of rotatable bonds is 9. The van der Waals surface area contributed by atoms with Crippen molar-refractivity contribution in [2.75, 3.05) is 23.8 Å². The second-order valence-electron chi connectivity index (χ2n) is 5.69. The molecule has 25 heavy (non-hydrogen) atoms. The van der Waals surface area contributed by atoms with E-state index in [1.165, 1.54) is 0 Å². The number of carbonyl (C=O) groups is 1. The highest BCUT2D eigenvalue weighted by Gasteiger charge is 2.06. The highest BCUT2D eigenvalue weighted by molar-refractivity contribution is 5.94. The molecule has 2 N–H and O–H groups in total. The van der Waals surface area contributed by atoms with E-state index in [2.05, 4.69) is 17.2 Å². The maximum absolute atomic E-state index is 12.1. The Bertz CT molecular complexity index is 696. The van der Waals surface area contributed by atoms with Gasteiger partial charge in [0.2, 0.25) is 5.91 Å². The van der Waals surface area contributed by atoms with Crippen LogP contribution >= 0.6 is 0 Å². The lowest BCUT2D eigenvalue weighted by Gasteiger charge is -2.13. The summed E-state index contributed by atoms with van der Waals surface area (Å²) in [7, 11) is 0. The van der Waals surface area contributed by atoms with Crippen molar-refractivity contribution in [1.29, 1.82) is 0 Å². The van der Waals surface area contributed by atoms with Crippen molar-refractivity contribution >= 4 is 17.3 Å². The van der Waals surface area contributed by atoms with Crippen molar-refractivity contribution in [2.45, 2.75) is 20.0 Å². The fourth-order valence-corrected chi connectivity index (χ4v) is 2.16. The molecule has 2 aromatic carbocycles. The predicted octanol–water partition coefficient (Wildman–Crippen LogP) is 4.09. The molecule has 0 saturated carbocycles. The molecule has 2 aromatic rings. The first-order valence-electron chi connectivity index (χ1n) is 8.21. The molecule has 0 radical (unpaired) electrons. The minimum Gasteiger partial charge on any atom is -0.491 e. The molecule has 5 heteroatoms. The Hall–Kier alpha value is -2.95.